The zero-order valence-electron chi connectivity index (χ0n) is 16.3. The molecular formula is C20H24F3IN4O2. The quantitative estimate of drug-likeness (QED) is 0.274. The highest BCUT2D eigenvalue weighted by Gasteiger charge is 2.30. The molecule has 6 nitrogen and oxygen atoms in total. The van der Waals surface area contributed by atoms with Crippen LogP contribution in [0.3, 0.4) is 0 Å². The predicted octanol–water partition coefficient (Wildman–Crippen LogP) is 3.44. The fraction of sp³-hybridized carbons (Fsp3) is 0.300. The Labute approximate surface area is 190 Å². The van der Waals surface area contributed by atoms with Gasteiger partial charge in [-0.1, -0.05) is 24.3 Å². The number of halogens is 4. The summed E-state index contributed by atoms with van der Waals surface area (Å²) in [7, 11) is 0. The number of carbonyl (C=O) groups is 1. The lowest BCUT2D eigenvalue weighted by molar-refractivity contribution is -0.137. The number of nitrogens with zero attached hydrogens (tertiary/aromatic N) is 1. The fourth-order valence-electron chi connectivity index (χ4n) is 2.44. The minimum atomic E-state index is -4.38. The van der Waals surface area contributed by atoms with Gasteiger partial charge in [0.25, 0.3) is 5.91 Å². The smallest absolute Gasteiger partial charge is 0.416 e. The van der Waals surface area contributed by atoms with Crippen molar-refractivity contribution in [3.63, 3.8) is 0 Å². The molecule has 0 bridgehead atoms. The summed E-state index contributed by atoms with van der Waals surface area (Å²) < 4.78 is 43.8. The highest BCUT2D eigenvalue weighted by Crippen LogP contribution is 2.29. The number of primary amides is 1. The lowest BCUT2D eigenvalue weighted by Crippen LogP contribution is -2.36. The first-order valence-electron chi connectivity index (χ1n) is 8.96. The normalized spacial score (nSPS) is 11.4. The van der Waals surface area contributed by atoms with Crippen LogP contribution in [-0.2, 0) is 24.1 Å². The molecule has 0 aliphatic rings. The molecule has 0 aliphatic heterocycles. The lowest BCUT2D eigenvalue weighted by atomic mass is 10.1. The Morgan fingerprint density at radius 1 is 1.10 bits per heavy atom. The number of ether oxygens (including phenoxy) is 1. The summed E-state index contributed by atoms with van der Waals surface area (Å²) in [6.45, 7) is 2.77. The third-order valence-electron chi connectivity index (χ3n) is 3.76. The van der Waals surface area contributed by atoms with E-state index in [1.54, 1.807) is 24.3 Å². The number of rotatable bonds is 8. The van der Waals surface area contributed by atoms with Crippen LogP contribution >= 0.6 is 24.0 Å². The summed E-state index contributed by atoms with van der Waals surface area (Å²) in [5, 5.41) is 6.16. The summed E-state index contributed by atoms with van der Waals surface area (Å²) in [6, 6.07) is 12.2. The average molecular weight is 536 g/mol. The zero-order chi connectivity index (χ0) is 21.3. The van der Waals surface area contributed by atoms with E-state index < -0.39 is 17.6 Å². The molecule has 0 saturated carbocycles. The monoisotopic (exact) mass is 536 g/mol. The van der Waals surface area contributed by atoms with Gasteiger partial charge in [-0.3, -0.25) is 4.79 Å². The van der Waals surface area contributed by atoms with Gasteiger partial charge < -0.3 is 21.1 Å². The number of nitrogens with one attached hydrogen (secondary N) is 2. The summed E-state index contributed by atoms with van der Waals surface area (Å²) in [4.78, 5) is 15.1. The Kier molecular flexibility index (Phi) is 10.4. The van der Waals surface area contributed by atoms with Gasteiger partial charge in [0.05, 0.1) is 12.1 Å². The molecule has 30 heavy (non-hydrogen) atoms. The maximum absolute atomic E-state index is 12.8. The Bertz CT molecular complexity index is 860. The minimum Gasteiger partial charge on any atom is -0.484 e. The summed E-state index contributed by atoms with van der Waals surface area (Å²) in [6.07, 6.45) is -4.38. The van der Waals surface area contributed by atoms with Crippen LogP contribution in [0.4, 0.5) is 13.2 Å². The van der Waals surface area contributed by atoms with Crippen LogP contribution in [0.15, 0.2) is 53.5 Å². The van der Waals surface area contributed by atoms with Gasteiger partial charge in [-0.15, -0.1) is 24.0 Å². The molecule has 0 atom stereocenters. The van der Waals surface area contributed by atoms with Crippen molar-refractivity contribution in [3.05, 3.63) is 65.2 Å². The van der Waals surface area contributed by atoms with Crippen LogP contribution in [0.25, 0.3) is 0 Å². The van der Waals surface area contributed by atoms with Gasteiger partial charge in [-0.05, 0) is 42.3 Å². The molecule has 10 heteroatoms. The van der Waals surface area contributed by atoms with Gasteiger partial charge in [-0.25, -0.2) is 4.99 Å². The van der Waals surface area contributed by atoms with Crippen LogP contribution in [0.1, 0.15) is 23.6 Å². The Morgan fingerprint density at radius 2 is 1.80 bits per heavy atom. The molecule has 0 heterocycles. The number of amides is 1. The van der Waals surface area contributed by atoms with E-state index in [0.29, 0.717) is 30.4 Å². The van der Waals surface area contributed by atoms with Crippen molar-refractivity contribution in [1.29, 1.82) is 0 Å². The van der Waals surface area contributed by atoms with E-state index in [1.165, 1.54) is 6.07 Å². The molecule has 2 aromatic rings. The number of guanidine groups is 1. The maximum Gasteiger partial charge on any atom is 0.416 e. The molecule has 2 aromatic carbocycles. The summed E-state index contributed by atoms with van der Waals surface area (Å²) in [5.74, 6) is 0.409. The average Bonchev–Trinajstić information content (AvgIpc) is 2.68. The Hall–Kier alpha value is -2.50. The van der Waals surface area contributed by atoms with E-state index in [2.05, 4.69) is 15.6 Å². The standard InChI is InChI=1S/C20H23F3N4O2.HI/c1-2-25-19(26-11-14-5-3-7-16(9-14)20(21,22)23)27-12-15-6-4-8-17(10-15)29-13-18(24)28;/h3-10H,2,11-13H2,1H3,(H2,24,28)(H2,25,26,27);1H. The van der Waals surface area contributed by atoms with Crippen LogP contribution in [0.2, 0.25) is 0 Å². The van der Waals surface area contributed by atoms with Crippen molar-refractivity contribution < 1.29 is 22.7 Å². The SMILES string of the molecule is CCNC(=NCc1cccc(C(F)(F)F)c1)NCc1cccc(OCC(N)=O)c1.I. The van der Waals surface area contributed by atoms with Gasteiger partial charge in [0.15, 0.2) is 12.6 Å². The van der Waals surface area contributed by atoms with Crippen LogP contribution in [0, 0.1) is 0 Å². The summed E-state index contributed by atoms with van der Waals surface area (Å²) >= 11 is 0. The molecule has 0 fully saturated rings. The fourth-order valence-corrected chi connectivity index (χ4v) is 2.44. The van der Waals surface area contributed by atoms with Gasteiger partial charge in [0, 0.05) is 13.1 Å². The number of hydrogen-bond donors (Lipinski definition) is 3. The first-order valence-corrected chi connectivity index (χ1v) is 8.96. The van der Waals surface area contributed by atoms with E-state index >= 15 is 0 Å². The van der Waals surface area contributed by atoms with Crippen molar-refractivity contribution in [2.75, 3.05) is 13.2 Å². The molecule has 0 radical (unpaired) electrons. The molecule has 0 aromatic heterocycles. The molecule has 2 rings (SSSR count). The number of hydrogen-bond acceptors (Lipinski definition) is 3. The van der Waals surface area contributed by atoms with Crippen molar-refractivity contribution >= 4 is 35.8 Å². The van der Waals surface area contributed by atoms with Crippen LogP contribution in [0.5, 0.6) is 5.75 Å². The summed E-state index contributed by atoms with van der Waals surface area (Å²) in [5.41, 5.74) is 5.69. The van der Waals surface area contributed by atoms with Crippen molar-refractivity contribution in [3.8, 4) is 5.75 Å². The van der Waals surface area contributed by atoms with Crippen LogP contribution < -0.4 is 21.1 Å². The van der Waals surface area contributed by atoms with E-state index in [4.69, 9.17) is 10.5 Å². The van der Waals surface area contributed by atoms with Crippen LogP contribution in [-0.4, -0.2) is 25.0 Å². The first-order chi connectivity index (χ1) is 13.8. The molecule has 4 N–H and O–H groups in total. The van der Waals surface area contributed by atoms with E-state index in [-0.39, 0.29) is 37.1 Å². The molecule has 1 amide bonds. The van der Waals surface area contributed by atoms with Gasteiger partial charge in [0.2, 0.25) is 0 Å². The Balaban J connectivity index is 0.00000450. The molecule has 0 aliphatic carbocycles. The maximum atomic E-state index is 12.8. The number of carbonyl (C=O) groups excluding carboxylic acids is 1. The third-order valence-corrected chi connectivity index (χ3v) is 3.76. The highest BCUT2D eigenvalue weighted by molar-refractivity contribution is 14.0. The van der Waals surface area contributed by atoms with Gasteiger partial charge >= 0.3 is 6.18 Å². The third kappa shape index (κ3) is 8.89. The Morgan fingerprint density at radius 3 is 2.47 bits per heavy atom. The lowest BCUT2D eigenvalue weighted by Gasteiger charge is -2.13. The molecular weight excluding hydrogens is 512 g/mol. The topological polar surface area (TPSA) is 88.7 Å². The molecule has 164 valence electrons. The number of nitrogens with two attached hydrogens (primary N) is 1. The number of alkyl halides is 3. The molecule has 0 spiro atoms. The first kappa shape index (κ1) is 25.5. The van der Waals surface area contributed by atoms with E-state index in [1.807, 2.05) is 13.0 Å². The predicted molar refractivity (Wildman–Crippen MR) is 120 cm³/mol. The van der Waals surface area contributed by atoms with Gasteiger partial charge in [-0.2, -0.15) is 13.2 Å². The number of benzene rings is 2. The van der Waals surface area contributed by atoms with E-state index in [9.17, 15) is 18.0 Å². The minimum absolute atomic E-state index is 0. The van der Waals surface area contributed by atoms with Crippen molar-refractivity contribution in [2.24, 2.45) is 10.7 Å². The second-order valence-corrected chi connectivity index (χ2v) is 6.15. The van der Waals surface area contributed by atoms with E-state index in [0.717, 1.165) is 17.7 Å². The second kappa shape index (κ2) is 12.3. The zero-order valence-corrected chi connectivity index (χ0v) is 18.7. The number of aliphatic imine (C=N–C) groups is 1. The largest absolute Gasteiger partial charge is 0.484 e. The highest BCUT2D eigenvalue weighted by atomic mass is 127. The second-order valence-electron chi connectivity index (χ2n) is 6.15. The van der Waals surface area contributed by atoms with Crippen molar-refractivity contribution in [1.82, 2.24) is 10.6 Å². The van der Waals surface area contributed by atoms with Gasteiger partial charge in [0.1, 0.15) is 5.75 Å². The molecule has 0 unspecified atom stereocenters. The molecule has 0 saturated heterocycles. The van der Waals surface area contributed by atoms with Crippen molar-refractivity contribution in [2.45, 2.75) is 26.2 Å².